The van der Waals surface area contributed by atoms with Crippen molar-refractivity contribution in [2.24, 2.45) is 5.84 Å². The molecule has 0 unspecified atom stereocenters. The predicted molar refractivity (Wildman–Crippen MR) is 70.6 cm³/mol. The maximum Gasteiger partial charge on any atom is 0.268 e. The number of rotatable bonds is 4. The Balaban J connectivity index is 2.07. The van der Waals surface area contributed by atoms with Crippen molar-refractivity contribution in [3.8, 4) is 5.75 Å². The number of aryl methyl sites for hydroxylation is 2. The lowest BCUT2D eigenvalue weighted by Gasteiger charge is -2.10. The van der Waals surface area contributed by atoms with Crippen LogP contribution in [0.2, 0.25) is 0 Å². The third-order valence-corrected chi connectivity index (χ3v) is 2.81. The number of furan rings is 1. The first-order valence-corrected chi connectivity index (χ1v) is 5.89. The van der Waals surface area contributed by atoms with Gasteiger partial charge in [-0.1, -0.05) is 18.2 Å². The van der Waals surface area contributed by atoms with Crippen molar-refractivity contribution in [1.29, 1.82) is 0 Å². The van der Waals surface area contributed by atoms with Crippen LogP contribution in [0.5, 0.6) is 5.75 Å². The first kappa shape index (κ1) is 13.2. The molecule has 1 heterocycles. The topological polar surface area (TPSA) is 77.5 Å². The number of para-hydroxylation sites is 1. The molecule has 0 saturated heterocycles. The summed E-state index contributed by atoms with van der Waals surface area (Å²) in [4.78, 5) is 11.3. The highest BCUT2D eigenvalue weighted by Crippen LogP contribution is 2.23. The zero-order valence-electron chi connectivity index (χ0n) is 10.9. The Bertz CT molecular complexity index is 570. The van der Waals surface area contributed by atoms with E-state index in [0.29, 0.717) is 11.3 Å². The van der Waals surface area contributed by atoms with Crippen molar-refractivity contribution in [1.82, 2.24) is 5.43 Å². The van der Waals surface area contributed by atoms with Crippen molar-refractivity contribution < 1.29 is 13.9 Å². The highest BCUT2D eigenvalue weighted by Gasteiger charge is 2.10. The molecule has 2 aromatic rings. The van der Waals surface area contributed by atoms with E-state index in [1.807, 2.05) is 37.5 Å². The molecule has 1 amide bonds. The molecule has 0 aliphatic rings. The molecule has 3 N–H and O–H groups in total. The number of hydrogen-bond acceptors (Lipinski definition) is 4. The van der Waals surface area contributed by atoms with Crippen molar-refractivity contribution >= 4 is 5.91 Å². The molecule has 0 spiro atoms. The van der Waals surface area contributed by atoms with E-state index < -0.39 is 0 Å². The molecule has 0 bridgehead atoms. The molecule has 0 saturated carbocycles. The van der Waals surface area contributed by atoms with Crippen LogP contribution in [-0.2, 0) is 6.61 Å². The van der Waals surface area contributed by atoms with Crippen LogP contribution in [-0.4, -0.2) is 5.91 Å². The fourth-order valence-electron chi connectivity index (χ4n) is 1.83. The van der Waals surface area contributed by atoms with Crippen LogP contribution in [0.15, 0.2) is 34.9 Å². The highest BCUT2D eigenvalue weighted by molar-refractivity contribution is 5.93. The number of carbonyl (C=O) groups excluding carboxylic acids is 1. The van der Waals surface area contributed by atoms with Gasteiger partial charge in [-0.2, -0.15) is 0 Å². The smallest absolute Gasteiger partial charge is 0.268 e. The lowest BCUT2D eigenvalue weighted by Crippen LogP contribution is -2.29. The van der Waals surface area contributed by atoms with Crippen molar-refractivity contribution in [2.75, 3.05) is 0 Å². The second kappa shape index (κ2) is 5.58. The van der Waals surface area contributed by atoms with Crippen LogP contribution in [0, 0.1) is 13.8 Å². The fourth-order valence-corrected chi connectivity index (χ4v) is 1.83. The summed E-state index contributed by atoms with van der Waals surface area (Å²) in [6.45, 7) is 4.24. The van der Waals surface area contributed by atoms with E-state index in [4.69, 9.17) is 15.0 Å². The van der Waals surface area contributed by atoms with Crippen LogP contribution in [0.4, 0.5) is 0 Å². The number of benzene rings is 1. The number of hydrogen-bond donors (Lipinski definition) is 2. The first-order chi connectivity index (χ1) is 9.11. The summed E-state index contributed by atoms with van der Waals surface area (Å²) in [5.74, 6) is 6.07. The molecular formula is C14H16N2O3. The quantitative estimate of drug-likeness (QED) is 0.501. The van der Waals surface area contributed by atoms with Gasteiger partial charge in [-0.05, 0) is 31.0 Å². The van der Waals surface area contributed by atoms with Gasteiger partial charge in [-0.15, -0.1) is 0 Å². The molecule has 19 heavy (non-hydrogen) atoms. The normalized spacial score (nSPS) is 10.3. The highest BCUT2D eigenvalue weighted by atomic mass is 16.5. The standard InChI is InChI=1S/C14H16N2O3/c1-9-4-3-5-10(2)13(9)19-8-12-6-11(7-18-12)14(17)16-15/h3-7H,8,15H2,1-2H3,(H,16,17). The molecule has 0 aliphatic carbocycles. The van der Waals surface area contributed by atoms with E-state index in [0.717, 1.165) is 16.9 Å². The van der Waals surface area contributed by atoms with Crippen LogP contribution in [0.1, 0.15) is 27.2 Å². The Labute approximate surface area is 111 Å². The largest absolute Gasteiger partial charge is 0.485 e. The molecule has 1 aromatic heterocycles. The lowest BCUT2D eigenvalue weighted by molar-refractivity contribution is 0.0953. The van der Waals surface area contributed by atoms with Gasteiger partial charge in [-0.3, -0.25) is 10.2 Å². The summed E-state index contributed by atoms with van der Waals surface area (Å²) < 4.78 is 11.0. The molecule has 2 rings (SSSR count). The Hall–Kier alpha value is -2.27. The minimum atomic E-state index is -0.387. The molecule has 0 radical (unpaired) electrons. The van der Waals surface area contributed by atoms with Gasteiger partial charge in [0.1, 0.15) is 24.4 Å². The summed E-state index contributed by atoms with van der Waals surface area (Å²) in [6.07, 6.45) is 1.35. The summed E-state index contributed by atoms with van der Waals surface area (Å²) in [6, 6.07) is 7.56. The Morgan fingerprint density at radius 2 is 2.05 bits per heavy atom. The predicted octanol–water partition coefficient (Wildman–Crippen LogP) is 2.08. The van der Waals surface area contributed by atoms with Crippen molar-refractivity contribution in [2.45, 2.75) is 20.5 Å². The van der Waals surface area contributed by atoms with Gasteiger partial charge in [0.25, 0.3) is 5.91 Å². The lowest BCUT2D eigenvalue weighted by atomic mass is 10.1. The maximum absolute atomic E-state index is 11.3. The Morgan fingerprint density at radius 3 is 2.68 bits per heavy atom. The number of ether oxygens (including phenoxy) is 1. The second-order valence-corrected chi connectivity index (χ2v) is 4.28. The van der Waals surface area contributed by atoms with Gasteiger partial charge in [0, 0.05) is 0 Å². The molecule has 100 valence electrons. The molecule has 1 aromatic carbocycles. The SMILES string of the molecule is Cc1cccc(C)c1OCc1cc(C(=O)NN)co1. The van der Waals surface area contributed by atoms with Crippen LogP contribution in [0.25, 0.3) is 0 Å². The van der Waals surface area contributed by atoms with Crippen molar-refractivity contribution in [3.05, 3.63) is 53.0 Å². The van der Waals surface area contributed by atoms with E-state index in [2.05, 4.69) is 0 Å². The monoisotopic (exact) mass is 260 g/mol. The average molecular weight is 260 g/mol. The van der Waals surface area contributed by atoms with Gasteiger partial charge in [-0.25, -0.2) is 5.84 Å². The summed E-state index contributed by atoms with van der Waals surface area (Å²) in [5.41, 5.74) is 4.55. The van der Waals surface area contributed by atoms with Crippen LogP contribution in [0.3, 0.4) is 0 Å². The second-order valence-electron chi connectivity index (χ2n) is 4.28. The number of amides is 1. The van der Waals surface area contributed by atoms with E-state index in [1.165, 1.54) is 6.26 Å². The first-order valence-electron chi connectivity index (χ1n) is 5.89. The van der Waals surface area contributed by atoms with E-state index in [-0.39, 0.29) is 12.5 Å². The third kappa shape index (κ3) is 2.95. The third-order valence-electron chi connectivity index (χ3n) is 2.81. The van der Waals surface area contributed by atoms with Gasteiger partial charge < -0.3 is 9.15 Å². The zero-order valence-corrected chi connectivity index (χ0v) is 10.9. The number of nitrogens with one attached hydrogen (secondary N) is 1. The Morgan fingerprint density at radius 1 is 1.37 bits per heavy atom. The summed E-state index contributed by atoms with van der Waals surface area (Å²) in [7, 11) is 0. The van der Waals surface area contributed by atoms with Crippen molar-refractivity contribution in [3.63, 3.8) is 0 Å². The van der Waals surface area contributed by atoms with Gasteiger partial charge in [0.15, 0.2) is 0 Å². The molecule has 5 nitrogen and oxygen atoms in total. The molecular weight excluding hydrogens is 244 g/mol. The zero-order chi connectivity index (χ0) is 13.8. The maximum atomic E-state index is 11.3. The number of nitrogen functional groups attached to an aromatic ring is 1. The van der Waals surface area contributed by atoms with E-state index in [1.54, 1.807) is 6.07 Å². The molecule has 0 fully saturated rings. The Kier molecular flexibility index (Phi) is 3.87. The minimum absolute atomic E-state index is 0.267. The van der Waals surface area contributed by atoms with E-state index in [9.17, 15) is 4.79 Å². The molecule has 5 heteroatoms. The molecule has 0 aliphatic heterocycles. The van der Waals surface area contributed by atoms with Gasteiger partial charge in [0.05, 0.1) is 5.56 Å². The molecule has 0 atom stereocenters. The number of nitrogens with two attached hydrogens (primary N) is 1. The fraction of sp³-hybridized carbons (Fsp3) is 0.214. The number of carbonyl (C=O) groups is 1. The minimum Gasteiger partial charge on any atom is -0.485 e. The van der Waals surface area contributed by atoms with E-state index >= 15 is 0 Å². The van der Waals surface area contributed by atoms with Gasteiger partial charge >= 0.3 is 0 Å². The summed E-state index contributed by atoms with van der Waals surface area (Å²) in [5, 5.41) is 0. The average Bonchev–Trinajstić information content (AvgIpc) is 2.86. The van der Waals surface area contributed by atoms with Gasteiger partial charge in [0.2, 0.25) is 0 Å². The van der Waals surface area contributed by atoms with Crippen LogP contribution >= 0.6 is 0 Å². The summed E-state index contributed by atoms with van der Waals surface area (Å²) >= 11 is 0. The van der Waals surface area contributed by atoms with Crippen LogP contribution < -0.4 is 16.0 Å². The number of hydrazine groups is 1.